The van der Waals surface area contributed by atoms with Crippen LogP contribution >= 0.6 is 0 Å². The Kier molecular flexibility index (Phi) is 3.18. The lowest BCUT2D eigenvalue weighted by molar-refractivity contribution is 0.102. The van der Waals surface area contributed by atoms with E-state index in [1.54, 1.807) is 0 Å². The van der Waals surface area contributed by atoms with Gasteiger partial charge in [0.2, 0.25) is 0 Å². The van der Waals surface area contributed by atoms with Gasteiger partial charge in [-0.3, -0.25) is 4.79 Å². The molecular weight excluding hydrogens is 242 g/mol. The van der Waals surface area contributed by atoms with E-state index in [2.05, 4.69) is 10.3 Å². The number of benzene rings is 1. The Bertz CT molecular complexity index is 585. The number of nitrogens with one attached hydrogen (secondary N) is 1. The number of carbonyl (C=O) groups excluding carboxylic acids is 1. The number of amides is 1. The molecule has 18 heavy (non-hydrogen) atoms. The highest BCUT2D eigenvalue weighted by atomic mass is 19.1. The zero-order valence-electron chi connectivity index (χ0n) is 9.02. The number of aromatic nitrogens is 1. The van der Waals surface area contributed by atoms with Gasteiger partial charge in [-0.25, -0.2) is 13.8 Å². The number of carbonyl (C=O) groups is 1. The Morgan fingerprint density at radius 3 is 2.56 bits per heavy atom. The van der Waals surface area contributed by atoms with Crippen LogP contribution in [0.4, 0.5) is 14.6 Å². The predicted molar refractivity (Wildman–Crippen MR) is 60.2 cm³/mol. The third-order valence-electron chi connectivity index (χ3n) is 2.17. The summed E-state index contributed by atoms with van der Waals surface area (Å²) in [5.74, 6) is -2.17. The molecular formula is C12H8F2N2O2. The SMILES string of the molecule is O=C(Nc1ccc(F)cn1)c1cc(F)ccc1O. The quantitative estimate of drug-likeness (QED) is 0.859. The molecule has 0 spiro atoms. The van der Waals surface area contributed by atoms with Crippen molar-refractivity contribution in [3.8, 4) is 5.75 Å². The first kappa shape index (κ1) is 12.0. The summed E-state index contributed by atoms with van der Waals surface area (Å²) in [6.07, 6.45) is 0.932. The molecule has 0 fully saturated rings. The first-order valence-corrected chi connectivity index (χ1v) is 4.97. The van der Waals surface area contributed by atoms with Crippen LogP contribution < -0.4 is 5.32 Å². The molecule has 1 aromatic carbocycles. The Labute approximate surface area is 101 Å². The fraction of sp³-hybridized carbons (Fsp3) is 0. The lowest BCUT2D eigenvalue weighted by Gasteiger charge is -2.06. The van der Waals surface area contributed by atoms with Gasteiger partial charge in [-0.1, -0.05) is 0 Å². The van der Waals surface area contributed by atoms with Crippen molar-refractivity contribution in [1.82, 2.24) is 4.98 Å². The highest BCUT2D eigenvalue weighted by Gasteiger charge is 2.12. The molecule has 1 aromatic heterocycles. The van der Waals surface area contributed by atoms with Gasteiger partial charge in [-0.2, -0.15) is 0 Å². The third kappa shape index (κ3) is 2.60. The summed E-state index contributed by atoms with van der Waals surface area (Å²) in [5, 5.41) is 11.7. The van der Waals surface area contributed by atoms with Crippen LogP contribution in [0.15, 0.2) is 36.5 Å². The lowest BCUT2D eigenvalue weighted by Crippen LogP contribution is -2.13. The van der Waals surface area contributed by atoms with Crippen LogP contribution in [0.25, 0.3) is 0 Å². The van der Waals surface area contributed by atoms with Crippen molar-refractivity contribution in [3.05, 3.63) is 53.7 Å². The average Bonchev–Trinajstić information content (AvgIpc) is 2.35. The van der Waals surface area contributed by atoms with E-state index in [0.717, 1.165) is 30.5 Å². The molecule has 2 rings (SSSR count). The highest BCUT2D eigenvalue weighted by Crippen LogP contribution is 2.19. The summed E-state index contributed by atoms with van der Waals surface area (Å²) in [7, 11) is 0. The zero-order valence-corrected chi connectivity index (χ0v) is 9.02. The van der Waals surface area contributed by atoms with Gasteiger partial charge in [-0.15, -0.1) is 0 Å². The molecule has 0 aliphatic carbocycles. The van der Waals surface area contributed by atoms with Gasteiger partial charge in [0.1, 0.15) is 23.2 Å². The molecule has 0 radical (unpaired) electrons. The zero-order chi connectivity index (χ0) is 13.1. The van der Waals surface area contributed by atoms with E-state index in [1.807, 2.05) is 0 Å². The van der Waals surface area contributed by atoms with Gasteiger partial charge < -0.3 is 10.4 Å². The van der Waals surface area contributed by atoms with E-state index in [4.69, 9.17) is 0 Å². The monoisotopic (exact) mass is 250 g/mol. The van der Waals surface area contributed by atoms with E-state index >= 15 is 0 Å². The summed E-state index contributed by atoms with van der Waals surface area (Å²) in [6, 6.07) is 5.37. The minimum Gasteiger partial charge on any atom is -0.507 e. The lowest BCUT2D eigenvalue weighted by atomic mass is 10.2. The number of hydrogen-bond acceptors (Lipinski definition) is 3. The molecule has 0 unspecified atom stereocenters. The Morgan fingerprint density at radius 2 is 1.89 bits per heavy atom. The number of anilines is 1. The molecule has 4 nitrogen and oxygen atoms in total. The first-order chi connectivity index (χ1) is 8.56. The second kappa shape index (κ2) is 4.79. The van der Waals surface area contributed by atoms with Crippen LogP contribution in [0, 0.1) is 11.6 Å². The Balaban J connectivity index is 2.21. The van der Waals surface area contributed by atoms with Crippen molar-refractivity contribution >= 4 is 11.7 Å². The van der Waals surface area contributed by atoms with E-state index in [9.17, 15) is 18.7 Å². The normalized spacial score (nSPS) is 10.1. The van der Waals surface area contributed by atoms with Gasteiger partial charge in [0, 0.05) is 0 Å². The predicted octanol–water partition coefficient (Wildman–Crippen LogP) is 2.32. The minimum absolute atomic E-state index is 0.102. The summed E-state index contributed by atoms with van der Waals surface area (Å²) >= 11 is 0. The fourth-order valence-electron chi connectivity index (χ4n) is 1.32. The summed E-state index contributed by atoms with van der Waals surface area (Å²) < 4.78 is 25.5. The topological polar surface area (TPSA) is 62.2 Å². The number of nitrogens with zero attached hydrogens (tertiary/aromatic N) is 1. The van der Waals surface area contributed by atoms with Crippen molar-refractivity contribution in [2.45, 2.75) is 0 Å². The van der Waals surface area contributed by atoms with E-state index in [0.29, 0.717) is 0 Å². The van der Waals surface area contributed by atoms with Gasteiger partial charge in [0.05, 0.1) is 11.8 Å². The van der Waals surface area contributed by atoms with E-state index < -0.39 is 17.5 Å². The van der Waals surface area contributed by atoms with E-state index in [1.165, 1.54) is 6.07 Å². The summed E-state index contributed by atoms with van der Waals surface area (Å²) in [4.78, 5) is 15.3. The molecule has 0 aliphatic rings. The van der Waals surface area contributed by atoms with Gasteiger partial charge in [-0.05, 0) is 30.3 Å². The molecule has 0 bridgehead atoms. The van der Waals surface area contributed by atoms with Crippen LogP contribution in [0.2, 0.25) is 0 Å². The maximum atomic E-state index is 12.9. The first-order valence-electron chi connectivity index (χ1n) is 4.97. The van der Waals surface area contributed by atoms with Crippen LogP contribution in [0.1, 0.15) is 10.4 Å². The minimum atomic E-state index is -0.730. The maximum Gasteiger partial charge on any atom is 0.260 e. The van der Waals surface area contributed by atoms with Crippen molar-refractivity contribution in [1.29, 1.82) is 0 Å². The molecule has 1 heterocycles. The standard InChI is InChI=1S/C12H8F2N2O2/c13-7-1-3-10(17)9(5-7)12(18)16-11-4-2-8(14)6-15-11/h1-6,17H,(H,15,16,18). The number of rotatable bonds is 2. The number of phenols is 1. The molecule has 1 amide bonds. The van der Waals surface area contributed by atoms with Crippen molar-refractivity contribution in [3.63, 3.8) is 0 Å². The molecule has 0 saturated carbocycles. The molecule has 0 atom stereocenters. The van der Waals surface area contributed by atoms with E-state index in [-0.39, 0.29) is 17.1 Å². The van der Waals surface area contributed by atoms with Gasteiger partial charge >= 0.3 is 0 Å². The summed E-state index contributed by atoms with van der Waals surface area (Å²) in [5.41, 5.74) is -0.221. The van der Waals surface area contributed by atoms with Gasteiger partial charge in [0.25, 0.3) is 5.91 Å². The number of aromatic hydroxyl groups is 1. The smallest absolute Gasteiger partial charge is 0.260 e. The van der Waals surface area contributed by atoms with Crippen LogP contribution in [-0.2, 0) is 0 Å². The summed E-state index contributed by atoms with van der Waals surface area (Å²) in [6.45, 7) is 0. The third-order valence-corrected chi connectivity index (χ3v) is 2.17. The largest absolute Gasteiger partial charge is 0.507 e. The van der Waals surface area contributed by atoms with Crippen molar-refractivity contribution < 1.29 is 18.7 Å². The number of phenolic OH excluding ortho intramolecular Hbond substituents is 1. The second-order valence-electron chi connectivity index (χ2n) is 3.48. The van der Waals surface area contributed by atoms with Crippen LogP contribution in [-0.4, -0.2) is 16.0 Å². The van der Waals surface area contributed by atoms with Crippen molar-refractivity contribution in [2.75, 3.05) is 5.32 Å². The van der Waals surface area contributed by atoms with Crippen molar-refractivity contribution in [2.24, 2.45) is 0 Å². The van der Waals surface area contributed by atoms with Crippen LogP contribution in [0.3, 0.4) is 0 Å². The molecule has 2 aromatic rings. The molecule has 0 saturated heterocycles. The Morgan fingerprint density at radius 1 is 1.17 bits per heavy atom. The number of halogens is 2. The highest BCUT2D eigenvalue weighted by molar-refractivity contribution is 6.05. The van der Waals surface area contributed by atoms with Crippen LogP contribution in [0.5, 0.6) is 5.75 Å². The molecule has 6 heteroatoms. The maximum absolute atomic E-state index is 12.9. The average molecular weight is 250 g/mol. The number of hydrogen-bond donors (Lipinski definition) is 2. The molecule has 0 aliphatic heterocycles. The fourth-order valence-corrected chi connectivity index (χ4v) is 1.32. The molecule has 2 N–H and O–H groups in total. The second-order valence-corrected chi connectivity index (χ2v) is 3.48. The Hall–Kier alpha value is -2.50. The number of pyridine rings is 1. The molecule has 92 valence electrons. The van der Waals surface area contributed by atoms with Gasteiger partial charge in [0.15, 0.2) is 0 Å².